The second-order valence-electron chi connectivity index (χ2n) is 6.19. The molecule has 4 rings (SSSR count). The van der Waals surface area contributed by atoms with Crippen LogP contribution in [0.15, 0.2) is 82.8 Å². The Morgan fingerprint density at radius 1 is 1.10 bits per heavy atom. The molecule has 0 saturated carbocycles. The van der Waals surface area contributed by atoms with Crippen LogP contribution in [0.4, 0.5) is 0 Å². The van der Waals surface area contributed by atoms with Gasteiger partial charge in [-0.15, -0.1) is 11.3 Å². The lowest BCUT2D eigenvalue weighted by molar-refractivity contribution is -0.151. The first-order valence-electron chi connectivity index (χ1n) is 9.22. The second kappa shape index (κ2) is 8.75. The van der Waals surface area contributed by atoms with Gasteiger partial charge in [0.25, 0.3) is 0 Å². The molecule has 3 aromatic heterocycles. The van der Waals surface area contributed by atoms with Gasteiger partial charge in [0.1, 0.15) is 5.76 Å². The highest BCUT2D eigenvalue weighted by atomic mass is 32.1. The van der Waals surface area contributed by atoms with Gasteiger partial charge >= 0.3 is 5.97 Å². The van der Waals surface area contributed by atoms with Crippen molar-refractivity contribution in [2.75, 3.05) is 6.61 Å². The predicted octanol–water partition coefficient (Wildman–Crippen LogP) is 5.75. The van der Waals surface area contributed by atoms with E-state index in [1.165, 1.54) is 0 Å². The van der Waals surface area contributed by atoms with Crippen molar-refractivity contribution in [3.63, 3.8) is 0 Å². The van der Waals surface area contributed by atoms with Crippen LogP contribution >= 0.6 is 11.3 Å². The average Bonchev–Trinajstić information content (AvgIpc) is 3.47. The van der Waals surface area contributed by atoms with Gasteiger partial charge in [-0.3, -0.25) is 0 Å². The fourth-order valence-electron chi connectivity index (χ4n) is 2.92. The van der Waals surface area contributed by atoms with Crippen LogP contribution in [0.25, 0.3) is 21.9 Å². The Hall–Kier alpha value is -3.38. The van der Waals surface area contributed by atoms with E-state index in [-0.39, 0.29) is 6.61 Å². The van der Waals surface area contributed by atoms with Gasteiger partial charge in [-0.05, 0) is 36.6 Å². The number of ether oxygens (including phenoxy) is 2. The van der Waals surface area contributed by atoms with E-state index in [2.05, 4.69) is 4.98 Å². The zero-order valence-electron chi connectivity index (χ0n) is 15.8. The molecule has 1 unspecified atom stereocenters. The minimum absolute atomic E-state index is 0.270. The Morgan fingerprint density at radius 3 is 2.66 bits per heavy atom. The number of carbonyl (C=O) groups is 1. The minimum Gasteiger partial charge on any atom is -0.464 e. The SMILES string of the molecule is CCOC(=O)C(Oc1cc(-c2ccco2)cc(-c2cccs2)n1)c1ccccc1. The number of hydrogen-bond donors (Lipinski definition) is 0. The van der Waals surface area contributed by atoms with E-state index < -0.39 is 12.1 Å². The maximum atomic E-state index is 12.6. The fourth-order valence-corrected chi connectivity index (χ4v) is 3.61. The molecule has 0 spiro atoms. The Morgan fingerprint density at radius 2 is 1.97 bits per heavy atom. The summed E-state index contributed by atoms with van der Waals surface area (Å²) >= 11 is 1.58. The van der Waals surface area contributed by atoms with E-state index >= 15 is 0 Å². The molecule has 5 nitrogen and oxygen atoms in total. The molecule has 6 heteroatoms. The lowest BCUT2D eigenvalue weighted by Crippen LogP contribution is -2.22. The Kier molecular flexibility index (Phi) is 5.72. The normalized spacial score (nSPS) is 11.8. The average molecular weight is 405 g/mol. The molecule has 4 aromatic rings. The molecular weight excluding hydrogens is 386 g/mol. The molecule has 3 heterocycles. The third-order valence-electron chi connectivity index (χ3n) is 4.22. The van der Waals surface area contributed by atoms with E-state index in [0.717, 1.165) is 16.1 Å². The van der Waals surface area contributed by atoms with Gasteiger partial charge in [-0.1, -0.05) is 36.4 Å². The molecule has 0 fully saturated rings. The maximum absolute atomic E-state index is 12.6. The van der Waals surface area contributed by atoms with Gasteiger partial charge in [0.2, 0.25) is 12.0 Å². The topological polar surface area (TPSA) is 61.6 Å². The van der Waals surface area contributed by atoms with Crippen molar-refractivity contribution < 1.29 is 18.7 Å². The summed E-state index contributed by atoms with van der Waals surface area (Å²) in [6.07, 6.45) is 0.707. The standard InChI is InChI=1S/C23H19NO4S/c1-2-26-23(25)22(16-8-4-3-5-9-16)28-21-15-17(19-10-6-12-27-19)14-18(24-21)20-11-7-13-29-20/h3-15,22H,2H2,1H3. The van der Waals surface area contributed by atoms with Crippen LogP contribution in [0.5, 0.6) is 5.88 Å². The molecule has 0 amide bonds. The molecule has 0 radical (unpaired) electrons. The van der Waals surface area contributed by atoms with Crippen LogP contribution in [0.2, 0.25) is 0 Å². The van der Waals surface area contributed by atoms with E-state index in [9.17, 15) is 4.79 Å². The second-order valence-corrected chi connectivity index (χ2v) is 7.14. The third kappa shape index (κ3) is 4.38. The number of aromatic nitrogens is 1. The van der Waals surface area contributed by atoms with Crippen molar-refractivity contribution in [1.29, 1.82) is 0 Å². The maximum Gasteiger partial charge on any atom is 0.352 e. The number of hydrogen-bond acceptors (Lipinski definition) is 6. The van der Waals surface area contributed by atoms with Crippen molar-refractivity contribution in [3.8, 4) is 27.8 Å². The van der Waals surface area contributed by atoms with E-state index in [4.69, 9.17) is 13.9 Å². The first kappa shape index (κ1) is 19.0. The molecule has 1 atom stereocenters. The molecule has 0 N–H and O–H groups in total. The monoisotopic (exact) mass is 405 g/mol. The smallest absolute Gasteiger partial charge is 0.352 e. The van der Waals surface area contributed by atoms with Crippen LogP contribution in [0.3, 0.4) is 0 Å². The first-order valence-corrected chi connectivity index (χ1v) is 10.1. The Labute approximate surface area is 172 Å². The number of pyridine rings is 1. The highest BCUT2D eigenvalue weighted by Gasteiger charge is 2.25. The van der Waals surface area contributed by atoms with Crippen LogP contribution in [-0.4, -0.2) is 17.6 Å². The van der Waals surface area contributed by atoms with Crippen LogP contribution in [-0.2, 0) is 9.53 Å². The largest absolute Gasteiger partial charge is 0.464 e. The zero-order valence-corrected chi connectivity index (χ0v) is 16.6. The summed E-state index contributed by atoms with van der Waals surface area (Å²) in [7, 11) is 0. The summed E-state index contributed by atoms with van der Waals surface area (Å²) in [5.74, 6) is 0.563. The highest BCUT2D eigenvalue weighted by Crippen LogP contribution is 2.33. The number of esters is 1. The van der Waals surface area contributed by atoms with Gasteiger partial charge in [0.15, 0.2) is 0 Å². The van der Waals surface area contributed by atoms with Crippen molar-refractivity contribution in [3.05, 3.63) is 83.9 Å². The number of furan rings is 1. The van der Waals surface area contributed by atoms with Crippen molar-refractivity contribution in [2.45, 2.75) is 13.0 Å². The summed E-state index contributed by atoms with van der Waals surface area (Å²) < 4.78 is 16.8. The number of nitrogens with zero attached hydrogens (tertiary/aromatic N) is 1. The Balaban J connectivity index is 1.75. The van der Waals surface area contributed by atoms with Crippen molar-refractivity contribution in [1.82, 2.24) is 4.98 Å². The lowest BCUT2D eigenvalue weighted by atomic mass is 10.1. The molecule has 0 aliphatic heterocycles. The van der Waals surface area contributed by atoms with Gasteiger partial charge in [0, 0.05) is 17.2 Å². The van der Waals surface area contributed by atoms with Crippen molar-refractivity contribution >= 4 is 17.3 Å². The van der Waals surface area contributed by atoms with Gasteiger partial charge in [-0.2, -0.15) is 0 Å². The molecule has 0 aliphatic rings. The third-order valence-corrected chi connectivity index (χ3v) is 5.12. The van der Waals surface area contributed by atoms with Crippen LogP contribution < -0.4 is 4.74 Å². The number of rotatable bonds is 7. The van der Waals surface area contributed by atoms with E-state index in [1.807, 2.05) is 66.0 Å². The quantitative estimate of drug-likeness (QED) is 0.366. The van der Waals surface area contributed by atoms with E-state index in [1.54, 1.807) is 30.6 Å². The Bertz CT molecular complexity index is 1010. The van der Waals surface area contributed by atoms with Gasteiger partial charge in [0.05, 0.1) is 23.4 Å². The summed E-state index contributed by atoms with van der Waals surface area (Å²) in [4.78, 5) is 18.2. The summed E-state index contributed by atoms with van der Waals surface area (Å²) in [5.41, 5.74) is 2.27. The van der Waals surface area contributed by atoms with Gasteiger partial charge in [-0.25, -0.2) is 9.78 Å². The predicted molar refractivity (Wildman–Crippen MR) is 112 cm³/mol. The molecule has 0 aliphatic carbocycles. The van der Waals surface area contributed by atoms with E-state index in [0.29, 0.717) is 17.2 Å². The van der Waals surface area contributed by atoms with Crippen LogP contribution in [0, 0.1) is 0 Å². The minimum atomic E-state index is -0.910. The summed E-state index contributed by atoms with van der Waals surface area (Å²) in [5, 5.41) is 1.99. The van der Waals surface area contributed by atoms with Crippen molar-refractivity contribution in [2.24, 2.45) is 0 Å². The fraction of sp³-hybridized carbons (Fsp3) is 0.130. The highest BCUT2D eigenvalue weighted by molar-refractivity contribution is 7.13. The number of benzene rings is 1. The number of thiophene rings is 1. The number of carbonyl (C=O) groups excluding carboxylic acids is 1. The molecule has 0 saturated heterocycles. The molecular formula is C23H19NO4S. The molecule has 146 valence electrons. The zero-order chi connectivity index (χ0) is 20.1. The summed E-state index contributed by atoms with van der Waals surface area (Å²) in [6.45, 7) is 2.04. The summed E-state index contributed by atoms with van der Waals surface area (Å²) in [6, 6.07) is 20.6. The molecule has 1 aromatic carbocycles. The first-order chi connectivity index (χ1) is 14.2. The molecule has 29 heavy (non-hydrogen) atoms. The lowest BCUT2D eigenvalue weighted by Gasteiger charge is -2.18. The van der Waals surface area contributed by atoms with Gasteiger partial charge < -0.3 is 13.9 Å². The van der Waals surface area contributed by atoms with Crippen LogP contribution in [0.1, 0.15) is 18.6 Å². The molecule has 0 bridgehead atoms.